The van der Waals surface area contributed by atoms with E-state index in [2.05, 4.69) is 11.5 Å². The van der Waals surface area contributed by atoms with Gasteiger partial charge in [0.1, 0.15) is 22.9 Å². The molecule has 0 heterocycles. The summed E-state index contributed by atoms with van der Waals surface area (Å²) in [6, 6.07) is 10.5. The fraction of sp³-hybridized carbons (Fsp3) is 0.143. The molecule has 8 N–H and O–H groups in total. The van der Waals surface area contributed by atoms with E-state index < -0.39 is 10.4 Å². The highest BCUT2D eigenvalue weighted by atomic mass is 32.3. The van der Waals surface area contributed by atoms with Crippen molar-refractivity contribution in [3.05, 3.63) is 47.5 Å². The maximum atomic E-state index is 9.02. The molecule has 0 aromatic heterocycles. The Morgan fingerprint density at radius 3 is 1.26 bits per heavy atom. The van der Waals surface area contributed by atoms with Gasteiger partial charge in [0.05, 0.1) is 0 Å². The van der Waals surface area contributed by atoms with Gasteiger partial charge < -0.3 is 30.8 Å². The lowest BCUT2D eigenvalue weighted by molar-refractivity contribution is -0.255. The highest BCUT2D eigenvalue weighted by Gasteiger charge is 1.95. The van der Waals surface area contributed by atoms with Gasteiger partial charge in [-0.15, -0.1) is 0 Å². The second-order valence-electron chi connectivity index (χ2n) is 4.65. The molecule has 2 aromatic carbocycles. The summed E-state index contributed by atoms with van der Waals surface area (Å²) in [6.45, 7) is 3.70. The zero-order valence-electron chi connectivity index (χ0n) is 12.8. The molecule has 23 heavy (non-hydrogen) atoms. The lowest BCUT2D eigenvalue weighted by atomic mass is 10.2. The second kappa shape index (κ2) is 9.08. The third-order valence-corrected chi connectivity index (χ3v) is 2.52. The Labute approximate surface area is 134 Å². The number of rotatable bonds is 0. The summed E-state index contributed by atoms with van der Waals surface area (Å²) in [5, 5.41) is 18.0. The summed E-state index contributed by atoms with van der Waals surface area (Å²) in [7, 11) is -5.17. The Bertz CT molecular complexity index is 689. The Hall–Kier alpha value is -2.17. The average molecular weight is 344 g/mol. The molecule has 0 unspecified atom stereocenters. The number of aromatic hydroxyl groups is 2. The molecule has 0 amide bonds. The molecular formula is C14H20N2O6S. The summed E-state index contributed by atoms with van der Waals surface area (Å²) in [5.41, 5.74) is 11.0. The van der Waals surface area contributed by atoms with Crippen LogP contribution in [0.25, 0.3) is 0 Å². The van der Waals surface area contributed by atoms with Gasteiger partial charge >= 0.3 is 0 Å². The van der Waals surface area contributed by atoms with Crippen molar-refractivity contribution in [2.24, 2.45) is 0 Å². The van der Waals surface area contributed by atoms with E-state index in [1.54, 1.807) is 24.3 Å². The number of hydrogen-bond donors (Lipinski definition) is 4. The number of benzene rings is 2. The standard InChI is InChI=1S/2C7H9NO.H2O4S/c2*1-5-4-6(8)2-3-7(5)9;1-5(2,3)4/h2*2-4,9H,8H2,1H3;(H2,1,2,3,4). The molecule has 2 rings (SSSR count). The summed E-state index contributed by atoms with van der Waals surface area (Å²) in [5.74, 6) is 0.671. The van der Waals surface area contributed by atoms with Gasteiger partial charge in [-0.3, -0.25) is 8.42 Å². The van der Waals surface area contributed by atoms with Gasteiger partial charge in [-0.2, -0.15) is 0 Å². The van der Waals surface area contributed by atoms with Crippen molar-refractivity contribution in [1.29, 1.82) is 0 Å². The fourth-order valence-corrected chi connectivity index (χ4v) is 1.44. The molecule has 0 bridgehead atoms. The first-order valence-electron chi connectivity index (χ1n) is 6.30. The fourth-order valence-electron chi connectivity index (χ4n) is 1.44. The van der Waals surface area contributed by atoms with Crippen LogP contribution in [0.2, 0.25) is 0 Å². The number of hydrogen-bond acceptors (Lipinski definition) is 6. The van der Waals surface area contributed by atoms with Crippen molar-refractivity contribution < 1.29 is 39.2 Å². The molecule has 0 aliphatic carbocycles. The highest BCUT2D eigenvalue weighted by molar-refractivity contribution is 7.79. The third-order valence-electron chi connectivity index (χ3n) is 2.52. The maximum Gasteiger partial charge on any atom is 0.128 e. The van der Waals surface area contributed by atoms with Crippen molar-refractivity contribution in [3.8, 4) is 11.5 Å². The van der Waals surface area contributed by atoms with E-state index in [0.717, 1.165) is 22.5 Å². The number of phenolic OH excluding ortho intramolecular Hbond substituents is 2. The average Bonchev–Trinajstić information content (AvgIpc) is 2.38. The highest BCUT2D eigenvalue weighted by Crippen LogP contribution is 2.17. The van der Waals surface area contributed by atoms with Gasteiger partial charge in [-0.25, -0.2) is 0 Å². The zero-order chi connectivity index (χ0) is 18.2. The van der Waals surface area contributed by atoms with Gasteiger partial charge in [0, 0.05) is 34.7 Å². The molecule has 0 fully saturated rings. The Morgan fingerprint density at radius 2 is 1.09 bits per heavy atom. The quantitative estimate of drug-likeness (QED) is 0.380. The van der Waals surface area contributed by atoms with Crippen LogP contribution in [0.1, 0.15) is 11.1 Å². The van der Waals surface area contributed by atoms with Crippen LogP contribution >= 0.6 is 0 Å². The van der Waals surface area contributed by atoms with E-state index >= 15 is 0 Å². The molecule has 0 radical (unpaired) electrons. The van der Waals surface area contributed by atoms with Crippen molar-refractivity contribution >= 4 is 21.8 Å². The van der Waals surface area contributed by atoms with E-state index in [9.17, 15) is 0 Å². The molecule has 9 heteroatoms. The minimum atomic E-state index is -5.17. The van der Waals surface area contributed by atoms with Crippen LogP contribution in [0.15, 0.2) is 36.4 Å². The predicted octanol–water partition coefficient (Wildman–Crippen LogP) is -0.190. The summed E-state index contributed by atoms with van der Waals surface area (Å²) in [6.07, 6.45) is 0. The topological polar surface area (TPSA) is 176 Å². The van der Waals surface area contributed by atoms with Crippen LogP contribution in [0.3, 0.4) is 0 Å². The monoisotopic (exact) mass is 344 g/mol. The van der Waals surface area contributed by atoms with Crippen molar-refractivity contribution in [2.75, 3.05) is 0 Å². The second-order valence-corrected chi connectivity index (χ2v) is 5.47. The summed E-state index contributed by atoms with van der Waals surface area (Å²) >= 11 is 0. The number of quaternary nitrogens is 2. The van der Waals surface area contributed by atoms with Crippen molar-refractivity contribution in [3.63, 3.8) is 0 Å². The largest absolute Gasteiger partial charge is 0.759 e. The number of aryl methyl sites for hydroxylation is 2. The van der Waals surface area contributed by atoms with E-state index in [-0.39, 0.29) is 0 Å². The summed E-state index contributed by atoms with van der Waals surface area (Å²) in [4.78, 5) is 0. The lowest BCUT2D eigenvalue weighted by Crippen LogP contribution is -2.40. The normalized spacial score (nSPS) is 10.0. The minimum Gasteiger partial charge on any atom is -0.759 e. The summed E-state index contributed by atoms with van der Waals surface area (Å²) < 4.78 is 34.1. The predicted molar refractivity (Wildman–Crippen MR) is 81.3 cm³/mol. The van der Waals surface area contributed by atoms with Crippen LogP contribution in [0.5, 0.6) is 11.5 Å². The van der Waals surface area contributed by atoms with E-state index in [0.29, 0.717) is 11.5 Å². The van der Waals surface area contributed by atoms with Gasteiger partial charge in [-0.1, -0.05) is 0 Å². The minimum absolute atomic E-state index is 0.336. The SMILES string of the molecule is Cc1cc([NH3+])ccc1O.Cc1cc([NH3+])ccc1O.O=S(=O)([O-])[O-]. The zero-order valence-corrected chi connectivity index (χ0v) is 13.6. The Balaban J connectivity index is 0.000000332. The lowest BCUT2D eigenvalue weighted by Gasteiger charge is -2.06. The molecule has 0 saturated carbocycles. The van der Waals surface area contributed by atoms with Gasteiger partial charge in [0.2, 0.25) is 0 Å². The van der Waals surface area contributed by atoms with Crippen LogP contribution in [0.4, 0.5) is 11.4 Å². The first-order valence-corrected chi connectivity index (χ1v) is 7.63. The van der Waals surface area contributed by atoms with E-state index in [1.807, 2.05) is 26.0 Å². The first-order chi connectivity index (χ1) is 10.4. The van der Waals surface area contributed by atoms with Crippen molar-refractivity contribution in [1.82, 2.24) is 0 Å². The Morgan fingerprint density at radius 1 is 0.826 bits per heavy atom. The molecule has 0 aliphatic heterocycles. The van der Waals surface area contributed by atoms with Crippen LogP contribution in [-0.2, 0) is 10.4 Å². The molecular weight excluding hydrogens is 324 g/mol. The molecule has 0 saturated heterocycles. The first kappa shape index (κ1) is 20.8. The van der Waals surface area contributed by atoms with Crippen molar-refractivity contribution in [2.45, 2.75) is 13.8 Å². The third kappa shape index (κ3) is 11.1. The number of phenols is 2. The Kier molecular flexibility index (Phi) is 8.22. The van der Waals surface area contributed by atoms with Crippen LogP contribution < -0.4 is 11.5 Å². The van der Waals surface area contributed by atoms with Gasteiger partial charge in [-0.05, 0) is 37.1 Å². The maximum absolute atomic E-state index is 9.02. The smallest absolute Gasteiger partial charge is 0.128 e. The van der Waals surface area contributed by atoms with Crippen LogP contribution in [0, 0.1) is 13.8 Å². The van der Waals surface area contributed by atoms with Gasteiger partial charge in [0.25, 0.3) is 0 Å². The molecule has 0 aliphatic rings. The van der Waals surface area contributed by atoms with Crippen LogP contribution in [-0.4, -0.2) is 27.7 Å². The molecule has 2 aromatic rings. The van der Waals surface area contributed by atoms with Gasteiger partial charge in [0.15, 0.2) is 0 Å². The molecule has 0 atom stereocenters. The molecule has 128 valence electrons. The van der Waals surface area contributed by atoms with E-state index in [1.165, 1.54) is 0 Å². The molecule has 0 spiro atoms. The molecule has 8 nitrogen and oxygen atoms in total. The van der Waals surface area contributed by atoms with E-state index in [4.69, 9.17) is 27.7 Å².